The Morgan fingerprint density at radius 3 is 3.00 bits per heavy atom. The predicted molar refractivity (Wildman–Crippen MR) is 56.5 cm³/mol. The summed E-state index contributed by atoms with van der Waals surface area (Å²) in [5.41, 5.74) is 0.903. The maximum Gasteiger partial charge on any atom is 0.169 e. The first kappa shape index (κ1) is 10.3. The first-order valence-corrected chi connectivity index (χ1v) is 5.29. The van der Waals surface area contributed by atoms with Gasteiger partial charge >= 0.3 is 0 Å². The van der Waals surface area contributed by atoms with Crippen molar-refractivity contribution >= 4 is 28.7 Å². The van der Waals surface area contributed by atoms with Gasteiger partial charge in [-0.05, 0) is 13.0 Å². The van der Waals surface area contributed by atoms with E-state index in [0.717, 1.165) is 10.4 Å². The van der Waals surface area contributed by atoms with Gasteiger partial charge < -0.3 is 0 Å². The van der Waals surface area contributed by atoms with Crippen LogP contribution in [0.4, 0.5) is 0 Å². The average molecular weight is 213 g/mol. The van der Waals surface area contributed by atoms with Crippen molar-refractivity contribution < 1.29 is 4.79 Å². The maximum atomic E-state index is 10.9. The highest BCUT2D eigenvalue weighted by Crippen LogP contribution is 2.13. The smallest absolute Gasteiger partial charge is 0.169 e. The molecule has 0 aliphatic rings. The fourth-order valence-electron chi connectivity index (χ4n) is 0.798. The van der Waals surface area contributed by atoms with Crippen LogP contribution >= 0.6 is 22.9 Å². The maximum absolute atomic E-state index is 10.9. The van der Waals surface area contributed by atoms with E-state index in [1.165, 1.54) is 11.3 Å². The van der Waals surface area contributed by atoms with E-state index in [1.54, 1.807) is 6.92 Å². The summed E-state index contributed by atoms with van der Waals surface area (Å²) in [6, 6.07) is 1.81. The predicted octanol–water partition coefficient (Wildman–Crippen LogP) is 2.93. The highest BCUT2D eigenvalue weighted by atomic mass is 35.5. The average Bonchev–Trinajstić information content (AvgIpc) is 2.53. The molecule has 13 heavy (non-hydrogen) atoms. The first-order valence-electron chi connectivity index (χ1n) is 3.88. The lowest BCUT2D eigenvalue weighted by Gasteiger charge is -1.81. The first-order chi connectivity index (χ1) is 6.24. The molecule has 3 heteroatoms. The molecule has 1 nitrogen and oxygen atoms in total. The van der Waals surface area contributed by atoms with Crippen LogP contribution in [-0.2, 0) is 0 Å². The van der Waals surface area contributed by atoms with Gasteiger partial charge in [0.25, 0.3) is 0 Å². The van der Waals surface area contributed by atoms with Gasteiger partial charge in [0.05, 0.1) is 4.88 Å². The van der Waals surface area contributed by atoms with E-state index in [0.29, 0.717) is 12.3 Å². The molecular formula is C10H9ClOS. The topological polar surface area (TPSA) is 17.1 Å². The van der Waals surface area contributed by atoms with E-state index >= 15 is 0 Å². The fraction of sp³-hybridized carbons (Fsp3) is 0.300. The highest BCUT2D eigenvalue weighted by molar-refractivity contribution is 7.12. The summed E-state index contributed by atoms with van der Waals surface area (Å²) in [4.78, 5) is 11.7. The van der Waals surface area contributed by atoms with Crippen molar-refractivity contribution in [1.82, 2.24) is 0 Å². The minimum Gasteiger partial charge on any atom is -0.294 e. The quantitative estimate of drug-likeness (QED) is 0.419. The fourth-order valence-corrected chi connectivity index (χ4v) is 1.63. The van der Waals surface area contributed by atoms with E-state index in [9.17, 15) is 4.79 Å². The number of carbonyl (C=O) groups excluding carboxylic acids is 1. The van der Waals surface area contributed by atoms with Crippen LogP contribution < -0.4 is 0 Å². The zero-order valence-electron chi connectivity index (χ0n) is 7.26. The Hall–Kier alpha value is -0.780. The van der Waals surface area contributed by atoms with Crippen molar-refractivity contribution in [2.75, 3.05) is 5.88 Å². The Morgan fingerprint density at radius 1 is 1.69 bits per heavy atom. The molecular weight excluding hydrogens is 204 g/mol. The van der Waals surface area contributed by atoms with Gasteiger partial charge in [-0.2, -0.15) is 0 Å². The number of hydrogen-bond acceptors (Lipinski definition) is 2. The van der Waals surface area contributed by atoms with E-state index < -0.39 is 0 Å². The molecule has 0 aromatic carbocycles. The van der Waals surface area contributed by atoms with E-state index in [2.05, 4.69) is 11.8 Å². The molecule has 1 aromatic rings. The third-order valence-corrected chi connectivity index (χ3v) is 2.62. The Morgan fingerprint density at radius 2 is 2.46 bits per heavy atom. The minimum absolute atomic E-state index is 0.0930. The molecule has 0 aliphatic carbocycles. The molecule has 0 N–H and O–H groups in total. The second-order valence-corrected chi connectivity index (χ2v) is 3.79. The highest BCUT2D eigenvalue weighted by Gasteiger charge is 2.01. The summed E-state index contributed by atoms with van der Waals surface area (Å²) in [6.45, 7) is 1.56. The van der Waals surface area contributed by atoms with Gasteiger partial charge in [0.1, 0.15) is 0 Å². The largest absolute Gasteiger partial charge is 0.294 e. The number of hydrogen-bond donors (Lipinski definition) is 0. The van der Waals surface area contributed by atoms with Crippen LogP contribution in [-0.4, -0.2) is 11.7 Å². The van der Waals surface area contributed by atoms with Crippen LogP contribution in [0.2, 0.25) is 0 Å². The third-order valence-electron chi connectivity index (χ3n) is 1.40. The van der Waals surface area contributed by atoms with Crippen LogP contribution in [0.3, 0.4) is 0 Å². The van der Waals surface area contributed by atoms with Crippen molar-refractivity contribution in [2.45, 2.75) is 13.3 Å². The molecule has 1 rings (SSSR count). The summed E-state index contributed by atoms with van der Waals surface area (Å²) in [6.07, 6.45) is 0.687. The summed E-state index contributed by atoms with van der Waals surface area (Å²) in [5.74, 6) is 6.51. The van der Waals surface area contributed by atoms with Gasteiger partial charge in [0.15, 0.2) is 5.78 Å². The van der Waals surface area contributed by atoms with Crippen molar-refractivity contribution in [1.29, 1.82) is 0 Å². The van der Waals surface area contributed by atoms with Gasteiger partial charge in [-0.15, -0.1) is 22.9 Å². The summed E-state index contributed by atoms with van der Waals surface area (Å²) >= 11 is 6.90. The zero-order valence-corrected chi connectivity index (χ0v) is 8.84. The standard InChI is InChI=1S/C10H9ClOS/c1-8(12)10-6-9(7-13-10)4-2-3-5-11/h6-7H,3,5H2,1H3. The Balaban J connectivity index is 2.71. The lowest BCUT2D eigenvalue weighted by atomic mass is 10.2. The van der Waals surface area contributed by atoms with Crippen molar-refractivity contribution in [2.24, 2.45) is 0 Å². The molecule has 0 fully saturated rings. The second kappa shape index (κ2) is 5.06. The molecule has 0 aliphatic heterocycles. The van der Waals surface area contributed by atoms with Crippen molar-refractivity contribution in [3.05, 3.63) is 21.9 Å². The van der Waals surface area contributed by atoms with Gasteiger partial charge in [0, 0.05) is 23.2 Å². The third kappa shape index (κ3) is 3.22. The van der Waals surface area contributed by atoms with E-state index in [-0.39, 0.29) is 5.78 Å². The molecule has 0 bridgehead atoms. The summed E-state index contributed by atoms with van der Waals surface area (Å²) in [5, 5.41) is 1.89. The molecule has 1 heterocycles. The number of alkyl halides is 1. The van der Waals surface area contributed by atoms with Crippen LogP contribution in [0.15, 0.2) is 11.4 Å². The number of carbonyl (C=O) groups is 1. The van der Waals surface area contributed by atoms with Crippen LogP contribution in [0.25, 0.3) is 0 Å². The van der Waals surface area contributed by atoms with Crippen molar-refractivity contribution in [3.8, 4) is 11.8 Å². The molecule has 0 saturated carbocycles. The molecule has 0 unspecified atom stereocenters. The minimum atomic E-state index is 0.0930. The SMILES string of the molecule is CC(=O)c1cc(C#CCCCl)cs1. The van der Waals surface area contributed by atoms with E-state index in [4.69, 9.17) is 11.6 Å². The number of rotatable bonds is 2. The number of thiophene rings is 1. The van der Waals surface area contributed by atoms with Crippen LogP contribution in [0.1, 0.15) is 28.6 Å². The molecule has 0 atom stereocenters. The number of halogens is 1. The molecule has 0 radical (unpaired) electrons. The number of Topliss-reactive ketones (excluding diaryl/α,β-unsaturated/α-hetero) is 1. The van der Waals surface area contributed by atoms with Gasteiger partial charge in [-0.1, -0.05) is 11.8 Å². The Kier molecular flexibility index (Phi) is 4.01. The normalized spacial score (nSPS) is 9.08. The lowest BCUT2D eigenvalue weighted by molar-refractivity contribution is 0.102. The number of ketones is 1. The van der Waals surface area contributed by atoms with Crippen LogP contribution in [0, 0.1) is 11.8 Å². The molecule has 68 valence electrons. The second-order valence-electron chi connectivity index (χ2n) is 2.50. The van der Waals surface area contributed by atoms with Gasteiger partial charge in [-0.25, -0.2) is 0 Å². The molecule has 0 spiro atoms. The summed E-state index contributed by atoms with van der Waals surface area (Å²) < 4.78 is 0. The molecule has 0 amide bonds. The molecule has 0 saturated heterocycles. The van der Waals surface area contributed by atoms with E-state index in [1.807, 2.05) is 11.4 Å². The van der Waals surface area contributed by atoms with Crippen LogP contribution in [0.5, 0.6) is 0 Å². The lowest BCUT2D eigenvalue weighted by Crippen LogP contribution is -1.84. The summed E-state index contributed by atoms with van der Waals surface area (Å²) in [7, 11) is 0. The Bertz CT molecular complexity index is 356. The monoisotopic (exact) mass is 212 g/mol. The Labute approximate surface area is 86.7 Å². The van der Waals surface area contributed by atoms with Gasteiger partial charge in [0.2, 0.25) is 0 Å². The zero-order chi connectivity index (χ0) is 9.68. The van der Waals surface area contributed by atoms with Crippen molar-refractivity contribution in [3.63, 3.8) is 0 Å². The van der Waals surface area contributed by atoms with Gasteiger partial charge in [-0.3, -0.25) is 4.79 Å². The molecule has 1 aromatic heterocycles.